The summed E-state index contributed by atoms with van der Waals surface area (Å²) < 4.78 is 31.5. The van der Waals surface area contributed by atoms with Gasteiger partial charge in [0.25, 0.3) is 0 Å². The first-order valence-corrected chi connectivity index (χ1v) is 6.54. The van der Waals surface area contributed by atoms with E-state index in [2.05, 4.69) is 10.1 Å². The molecule has 1 unspecified atom stereocenters. The number of carbonyl (C=O) groups excluding carboxylic acids is 2. The van der Waals surface area contributed by atoms with Gasteiger partial charge in [0.1, 0.15) is 11.6 Å². The van der Waals surface area contributed by atoms with Gasteiger partial charge in [0.2, 0.25) is 5.91 Å². The minimum Gasteiger partial charge on any atom is -0.465 e. The molecule has 3 N–H and O–H groups in total. The van der Waals surface area contributed by atoms with Crippen molar-refractivity contribution in [2.24, 2.45) is 5.73 Å². The van der Waals surface area contributed by atoms with Gasteiger partial charge in [-0.25, -0.2) is 13.6 Å². The molecule has 1 atom stereocenters. The molecule has 0 saturated carbocycles. The van der Waals surface area contributed by atoms with Crippen molar-refractivity contribution < 1.29 is 23.1 Å². The Morgan fingerprint density at radius 3 is 2.57 bits per heavy atom. The second-order valence-corrected chi connectivity index (χ2v) is 4.54. The highest BCUT2D eigenvalue weighted by Gasteiger charge is 2.19. The van der Waals surface area contributed by atoms with Crippen LogP contribution in [-0.2, 0) is 9.53 Å². The predicted molar refractivity (Wildman–Crippen MR) is 73.8 cm³/mol. The molecule has 1 amide bonds. The van der Waals surface area contributed by atoms with E-state index in [4.69, 9.17) is 5.73 Å². The molecule has 1 rings (SSSR count). The van der Waals surface area contributed by atoms with Gasteiger partial charge in [-0.2, -0.15) is 0 Å². The number of benzene rings is 1. The lowest BCUT2D eigenvalue weighted by Gasteiger charge is -2.13. The number of nitrogens with two attached hydrogens (primary N) is 1. The standard InChI is InChI=1S/C14H18F2N2O3/c1-3-4-5-11(17)13(19)18-12-6-8(14(20)21-2)9(15)7-10(12)16/h6-7,11H,3-5,17H2,1-2H3,(H,18,19). The number of esters is 1. The molecular formula is C14H18F2N2O3. The maximum absolute atomic E-state index is 13.6. The number of anilines is 1. The van der Waals surface area contributed by atoms with E-state index in [-0.39, 0.29) is 5.69 Å². The van der Waals surface area contributed by atoms with E-state index in [0.29, 0.717) is 12.5 Å². The van der Waals surface area contributed by atoms with E-state index >= 15 is 0 Å². The fourth-order valence-corrected chi connectivity index (χ4v) is 1.69. The van der Waals surface area contributed by atoms with Crippen LogP contribution in [0.2, 0.25) is 0 Å². The summed E-state index contributed by atoms with van der Waals surface area (Å²) in [5.41, 5.74) is 4.88. The van der Waals surface area contributed by atoms with E-state index < -0.39 is 35.1 Å². The van der Waals surface area contributed by atoms with Crippen molar-refractivity contribution in [1.82, 2.24) is 0 Å². The van der Waals surface area contributed by atoms with Crippen LogP contribution in [0.3, 0.4) is 0 Å². The van der Waals surface area contributed by atoms with Crippen molar-refractivity contribution in [1.29, 1.82) is 0 Å². The van der Waals surface area contributed by atoms with Crippen LogP contribution in [-0.4, -0.2) is 25.0 Å². The van der Waals surface area contributed by atoms with Gasteiger partial charge in [-0.1, -0.05) is 19.8 Å². The molecular weight excluding hydrogens is 282 g/mol. The molecule has 1 aromatic carbocycles. The normalized spacial score (nSPS) is 11.9. The third-order valence-electron chi connectivity index (χ3n) is 2.93. The molecule has 0 aliphatic carbocycles. The number of methoxy groups -OCH3 is 1. The van der Waals surface area contributed by atoms with Gasteiger partial charge >= 0.3 is 5.97 Å². The maximum Gasteiger partial charge on any atom is 0.340 e. The van der Waals surface area contributed by atoms with Crippen LogP contribution >= 0.6 is 0 Å². The first-order chi connectivity index (χ1) is 9.90. The van der Waals surface area contributed by atoms with Gasteiger partial charge in [0.05, 0.1) is 24.4 Å². The van der Waals surface area contributed by atoms with Gasteiger partial charge in [-0.15, -0.1) is 0 Å². The Hall–Kier alpha value is -2.02. The lowest BCUT2D eigenvalue weighted by atomic mass is 10.1. The fourth-order valence-electron chi connectivity index (χ4n) is 1.69. The Bertz CT molecular complexity index is 535. The number of rotatable bonds is 6. The Morgan fingerprint density at radius 1 is 1.33 bits per heavy atom. The van der Waals surface area contributed by atoms with E-state index in [1.54, 1.807) is 0 Å². The third kappa shape index (κ3) is 4.49. The topological polar surface area (TPSA) is 81.4 Å². The van der Waals surface area contributed by atoms with Crippen LogP contribution in [0.4, 0.5) is 14.5 Å². The van der Waals surface area contributed by atoms with Crippen LogP contribution in [0.5, 0.6) is 0 Å². The van der Waals surface area contributed by atoms with Crippen molar-refractivity contribution in [3.63, 3.8) is 0 Å². The largest absolute Gasteiger partial charge is 0.465 e. The van der Waals surface area contributed by atoms with Crippen molar-refractivity contribution in [2.45, 2.75) is 32.2 Å². The van der Waals surface area contributed by atoms with Crippen molar-refractivity contribution in [3.8, 4) is 0 Å². The molecule has 21 heavy (non-hydrogen) atoms. The summed E-state index contributed by atoms with van der Waals surface area (Å²) in [6, 6.07) is 0.608. The van der Waals surface area contributed by atoms with E-state index in [1.165, 1.54) is 0 Å². The van der Waals surface area contributed by atoms with Gasteiger partial charge in [-0.05, 0) is 12.5 Å². The zero-order valence-electron chi connectivity index (χ0n) is 11.9. The van der Waals surface area contributed by atoms with Crippen LogP contribution in [0.15, 0.2) is 12.1 Å². The van der Waals surface area contributed by atoms with Crippen molar-refractivity contribution in [2.75, 3.05) is 12.4 Å². The first-order valence-electron chi connectivity index (χ1n) is 6.54. The number of unbranched alkanes of at least 4 members (excludes halogenated alkanes) is 1. The molecule has 0 saturated heterocycles. The summed E-state index contributed by atoms with van der Waals surface area (Å²) in [4.78, 5) is 23.1. The number of halogens is 2. The van der Waals surface area contributed by atoms with Crippen LogP contribution in [0, 0.1) is 11.6 Å². The number of hydrogen-bond acceptors (Lipinski definition) is 4. The molecule has 0 bridgehead atoms. The minimum absolute atomic E-state index is 0.311. The number of carbonyl (C=O) groups is 2. The summed E-state index contributed by atoms with van der Waals surface area (Å²) in [7, 11) is 1.07. The second kappa shape index (κ2) is 7.68. The highest BCUT2D eigenvalue weighted by molar-refractivity contribution is 5.97. The summed E-state index contributed by atoms with van der Waals surface area (Å²) in [6.07, 6.45) is 2.08. The number of amides is 1. The zero-order valence-corrected chi connectivity index (χ0v) is 11.9. The van der Waals surface area contributed by atoms with Gasteiger partial charge in [0, 0.05) is 6.07 Å². The number of hydrogen-bond donors (Lipinski definition) is 2. The van der Waals surface area contributed by atoms with Crippen LogP contribution in [0.1, 0.15) is 36.5 Å². The Kier molecular flexibility index (Phi) is 6.23. The third-order valence-corrected chi connectivity index (χ3v) is 2.93. The molecule has 1 aromatic rings. The quantitative estimate of drug-likeness (QED) is 0.789. The van der Waals surface area contributed by atoms with Gasteiger partial charge in [0.15, 0.2) is 0 Å². The second-order valence-electron chi connectivity index (χ2n) is 4.54. The predicted octanol–water partition coefficient (Wildman–Crippen LogP) is 2.21. The first kappa shape index (κ1) is 17.0. The van der Waals surface area contributed by atoms with E-state index in [0.717, 1.165) is 26.0 Å². The van der Waals surface area contributed by atoms with E-state index in [9.17, 15) is 18.4 Å². The molecule has 116 valence electrons. The highest BCUT2D eigenvalue weighted by atomic mass is 19.1. The average molecular weight is 300 g/mol. The van der Waals surface area contributed by atoms with Crippen LogP contribution in [0.25, 0.3) is 0 Å². The summed E-state index contributed by atoms with van der Waals surface area (Å²) in [5, 5.41) is 2.25. The molecule has 0 spiro atoms. The van der Waals surface area contributed by atoms with Crippen molar-refractivity contribution in [3.05, 3.63) is 29.3 Å². The van der Waals surface area contributed by atoms with Crippen LogP contribution < -0.4 is 11.1 Å². The Balaban J connectivity index is 2.92. The van der Waals surface area contributed by atoms with Gasteiger partial charge < -0.3 is 15.8 Å². The summed E-state index contributed by atoms with van der Waals surface area (Å²) in [5.74, 6) is -3.60. The Morgan fingerprint density at radius 2 is 2.00 bits per heavy atom. The van der Waals surface area contributed by atoms with E-state index in [1.807, 2.05) is 6.92 Å². The molecule has 0 aromatic heterocycles. The molecule has 0 aliphatic rings. The van der Waals surface area contributed by atoms with Crippen molar-refractivity contribution >= 4 is 17.6 Å². The summed E-state index contributed by atoms with van der Waals surface area (Å²) >= 11 is 0. The fraction of sp³-hybridized carbons (Fsp3) is 0.429. The lowest BCUT2D eigenvalue weighted by molar-refractivity contribution is -0.117. The molecule has 0 radical (unpaired) electrons. The molecule has 7 heteroatoms. The zero-order chi connectivity index (χ0) is 16.0. The average Bonchev–Trinajstić information content (AvgIpc) is 2.46. The maximum atomic E-state index is 13.6. The monoisotopic (exact) mass is 300 g/mol. The highest BCUT2D eigenvalue weighted by Crippen LogP contribution is 2.20. The smallest absolute Gasteiger partial charge is 0.340 e. The molecule has 0 fully saturated rings. The molecule has 0 aliphatic heterocycles. The molecule has 0 heterocycles. The summed E-state index contributed by atoms with van der Waals surface area (Å²) in [6.45, 7) is 1.95. The van der Waals surface area contributed by atoms with Gasteiger partial charge in [-0.3, -0.25) is 4.79 Å². The minimum atomic E-state index is -1.06. The number of nitrogens with one attached hydrogen (secondary N) is 1. The Labute approximate surface area is 121 Å². The SMILES string of the molecule is CCCCC(N)C(=O)Nc1cc(C(=O)OC)c(F)cc1F. The lowest BCUT2D eigenvalue weighted by Crippen LogP contribution is -2.35. The molecule has 5 nitrogen and oxygen atoms in total. The number of ether oxygens (including phenoxy) is 1.